The molecule has 0 saturated heterocycles. The van der Waals surface area contributed by atoms with E-state index in [1.807, 2.05) is 0 Å². The molecule has 0 amide bonds. The molecule has 94 valence electrons. The topological polar surface area (TPSA) is 57.7 Å². The van der Waals surface area contributed by atoms with Crippen molar-refractivity contribution in [2.24, 2.45) is 0 Å². The third kappa shape index (κ3) is 3.63. The summed E-state index contributed by atoms with van der Waals surface area (Å²) in [5.74, 6) is -0.347. The van der Waals surface area contributed by atoms with Crippen LogP contribution in [0.1, 0.15) is 0 Å². The standard InChI is InChI=1S/C9H3Cl3NO4P/c1-3-15-18(14,16-4-2)17-9-7(11)5-6(10)8(12)13-9/h1-2,5H. The summed E-state index contributed by atoms with van der Waals surface area (Å²) in [5.41, 5.74) is 0. The maximum absolute atomic E-state index is 11.8. The van der Waals surface area contributed by atoms with E-state index in [0.29, 0.717) is 0 Å². The van der Waals surface area contributed by atoms with Crippen molar-refractivity contribution in [1.29, 1.82) is 0 Å². The lowest BCUT2D eigenvalue weighted by Gasteiger charge is -2.12. The zero-order valence-electron chi connectivity index (χ0n) is 8.39. The number of phosphoric acid groups is 1. The van der Waals surface area contributed by atoms with E-state index in [9.17, 15) is 4.57 Å². The molecule has 1 rings (SSSR count). The average molecular weight is 326 g/mol. The summed E-state index contributed by atoms with van der Waals surface area (Å²) in [4.78, 5) is 3.63. The van der Waals surface area contributed by atoms with Gasteiger partial charge in [0.15, 0.2) is 5.15 Å². The van der Waals surface area contributed by atoms with Gasteiger partial charge in [-0.05, 0) is 6.07 Å². The lowest BCUT2D eigenvalue weighted by atomic mass is 10.5. The van der Waals surface area contributed by atoms with Crippen molar-refractivity contribution < 1.29 is 18.1 Å². The summed E-state index contributed by atoms with van der Waals surface area (Å²) in [7, 11) is -4.22. The molecule has 0 bridgehead atoms. The number of hydrogen-bond acceptors (Lipinski definition) is 5. The Balaban J connectivity index is 3.10. The van der Waals surface area contributed by atoms with Crippen LogP contribution in [0.5, 0.6) is 5.88 Å². The fraction of sp³-hybridized carbons (Fsp3) is 0. The number of pyridine rings is 1. The zero-order chi connectivity index (χ0) is 13.8. The van der Waals surface area contributed by atoms with Gasteiger partial charge in [0.2, 0.25) is 5.88 Å². The lowest BCUT2D eigenvalue weighted by Crippen LogP contribution is -1.99. The molecule has 0 fully saturated rings. The number of hydrogen-bond donors (Lipinski definition) is 0. The van der Waals surface area contributed by atoms with Crippen LogP contribution in [-0.4, -0.2) is 4.98 Å². The molecule has 0 radical (unpaired) electrons. The van der Waals surface area contributed by atoms with Crippen molar-refractivity contribution in [2.75, 3.05) is 0 Å². The fourth-order valence-corrected chi connectivity index (χ4v) is 2.09. The number of phosphoric ester groups is 1. The number of aromatic nitrogens is 1. The quantitative estimate of drug-likeness (QED) is 0.479. The Hall–Kier alpha value is -1.23. The van der Waals surface area contributed by atoms with Crippen molar-refractivity contribution in [3.05, 3.63) is 21.3 Å². The van der Waals surface area contributed by atoms with Gasteiger partial charge in [-0.3, -0.25) is 0 Å². The molecule has 0 spiro atoms. The van der Waals surface area contributed by atoms with Gasteiger partial charge in [0.1, 0.15) is 17.2 Å². The Kier molecular flexibility index (Phi) is 5.02. The van der Waals surface area contributed by atoms with Gasteiger partial charge >= 0.3 is 7.82 Å². The molecule has 0 aliphatic rings. The molecule has 0 atom stereocenters. The van der Waals surface area contributed by atoms with Gasteiger partial charge in [-0.25, -0.2) is 0 Å². The molecule has 0 aliphatic heterocycles. The van der Waals surface area contributed by atoms with Gasteiger partial charge in [0.25, 0.3) is 0 Å². The molecule has 0 N–H and O–H groups in total. The highest BCUT2D eigenvalue weighted by atomic mass is 35.5. The van der Waals surface area contributed by atoms with Crippen LogP contribution in [0.15, 0.2) is 6.07 Å². The molecule has 0 unspecified atom stereocenters. The Bertz CT molecular complexity index is 573. The molecule has 0 aliphatic carbocycles. The zero-order valence-corrected chi connectivity index (χ0v) is 11.6. The summed E-state index contributed by atoms with van der Waals surface area (Å²) < 4.78 is 25.2. The monoisotopic (exact) mass is 325 g/mol. The van der Waals surface area contributed by atoms with E-state index in [2.05, 4.69) is 14.0 Å². The minimum atomic E-state index is -4.22. The van der Waals surface area contributed by atoms with E-state index in [4.69, 9.17) is 52.2 Å². The van der Waals surface area contributed by atoms with Crippen LogP contribution in [-0.2, 0) is 13.6 Å². The second-order valence-corrected chi connectivity index (χ2v) is 5.12. The predicted molar refractivity (Wildman–Crippen MR) is 67.3 cm³/mol. The summed E-state index contributed by atoms with van der Waals surface area (Å²) in [6.45, 7) is 0. The van der Waals surface area contributed by atoms with Gasteiger partial charge in [0, 0.05) is 0 Å². The van der Waals surface area contributed by atoms with Crippen LogP contribution in [0.2, 0.25) is 15.2 Å². The SMILES string of the molecule is C#COP(=O)(OC#C)Oc1nc(Cl)c(Cl)cc1Cl. The van der Waals surface area contributed by atoms with Gasteiger partial charge in [-0.15, -0.1) is 0 Å². The molecular weight excluding hydrogens is 323 g/mol. The van der Waals surface area contributed by atoms with Gasteiger partial charge in [-0.2, -0.15) is 9.55 Å². The molecule has 1 heterocycles. The smallest absolute Gasteiger partial charge is 0.365 e. The van der Waals surface area contributed by atoms with E-state index < -0.39 is 7.82 Å². The van der Waals surface area contributed by atoms with E-state index >= 15 is 0 Å². The Morgan fingerprint density at radius 1 is 1.17 bits per heavy atom. The molecule has 1 aromatic heterocycles. The first-order valence-corrected chi connectivity index (χ1v) is 6.61. The molecular formula is C9H3Cl3NO4P. The van der Waals surface area contributed by atoms with Crippen molar-refractivity contribution in [3.8, 4) is 30.9 Å². The predicted octanol–water partition coefficient (Wildman–Crippen LogP) is 3.74. The highest BCUT2D eigenvalue weighted by Gasteiger charge is 2.33. The lowest BCUT2D eigenvalue weighted by molar-refractivity contribution is 0.268. The first-order valence-electron chi connectivity index (χ1n) is 4.01. The summed E-state index contributed by atoms with van der Waals surface area (Å²) >= 11 is 17.0. The van der Waals surface area contributed by atoms with E-state index in [-0.39, 0.29) is 21.1 Å². The summed E-state index contributed by atoms with van der Waals surface area (Å²) in [6.07, 6.45) is 12.9. The van der Waals surface area contributed by atoms with E-state index in [1.54, 1.807) is 12.2 Å². The molecule has 1 aromatic rings. The second kappa shape index (κ2) is 6.09. The normalized spacial score (nSPS) is 10.1. The second-order valence-electron chi connectivity index (χ2n) is 2.50. The minimum Gasteiger partial charge on any atom is -0.365 e. The third-order valence-corrected chi connectivity index (χ3v) is 3.38. The molecule has 0 aromatic carbocycles. The van der Waals surface area contributed by atoms with Crippen molar-refractivity contribution >= 4 is 42.6 Å². The summed E-state index contributed by atoms with van der Waals surface area (Å²) in [6, 6.07) is 1.23. The Labute approximate surface area is 118 Å². The van der Waals surface area contributed by atoms with Crippen molar-refractivity contribution in [1.82, 2.24) is 4.98 Å². The van der Waals surface area contributed by atoms with Crippen LogP contribution < -0.4 is 4.52 Å². The van der Waals surface area contributed by atoms with Crippen LogP contribution in [0.3, 0.4) is 0 Å². The minimum absolute atomic E-state index is 0.0779. The van der Waals surface area contributed by atoms with Crippen molar-refractivity contribution in [3.63, 3.8) is 0 Å². The number of terminal acetylenes is 2. The molecule has 18 heavy (non-hydrogen) atoms. The Morgan fingerprint density at radius 2 is 1.72 bits per heavy atom. The summed E-state index contributed by atoms with van der Waals surface area (Å²) in [5, 5.41) is -0.116. The van der Waals surface area contributed by atoms with Gasteiger partial charge in [-0.1, -0.05) is 47.6 Å². The number of nitrogens with zero attached hydrogens (tertiary/aromatic N) is 1. The fourth-order valence-electron chi connectivity index (χ4n) is 0.783. The first-order chi connectivity index (χ1) is 8.41. The third-order valence-electron chi connectivity index (χ3n) is 1.38. The highest BCUT2D eigenvalue weighted by molar-refractivity contribution is 7.49. The van der Waals surface area contributed by atoms with Gasteiger partial charge < -0.3 is 13.6 Å². The first kappa shape index (κ1) is 14.8. The average Bonchev–Trinajstić information content (AvgIpc) is 2.26. The highest BCUT2D eigenvalue weighted by Crippen LogP contribution is 2.50. The van der Waals surface area contributed by atoms with Crippen LogP contribution in [0.25, 0.3) is 0 Å². The maximum atomic E-state index is 11.8. The Morgan fingerprint density at radius 3 is 2.22 bits per heavy atom. The maximum Gasteiger partial charge on any atom is 0.665 e. The van der Waals surface area contributed by atoms with Crippen molar-refractivity contribution in [2.45, 2.75) is 0 Å². The van der Waals surface area contributed by atoms with E-state index in [0.717, 1.165) is 0 Å². The van der Waals surface area contributed by atoms with Crippen LogP contribution in [0.4, 0.5) is 0 Å². The molecule has 0 saturated carbocycles. The largest absolute Gasteiger partial charge is 0.665 e. The molecule has 9 heteroatoms. The van der Waals surface area contributed by atoms with E-state index in [1.165, 1.54) is 6.07 Å². The number of rotatable bonds is 4. The molecule has 5 nitrogen and oxygen atoms in total. The number of halogens is 3. The van der Waals surface area contributed by atoms with Crippen LogP contribution in [0, 0.1) is 25.1 Å². The van der Waals surface area contributed by atoms with Gasteiger partial charge in [0.05, 0.1) is 5.02 Å². The van der Waals surface area contributed by atoms with Crippen LogP contribution >= 0.6 is 42.6 Å².